The number of aryl methyl sites for hydroxylation is 2. The summed E-state index contributed by atoms with van der Waals surface area (Å²) in [4.78, 5) is 12.0. The van der Waals surface area contributed by atoms with E-state index in [0.717, 1.165) is 25.9 Å². The zero-order valence-corrected chi connectivity index (χ0v) is 10.9. The molecule has 1 atom stereocenters. The van der Waals surface area contributed by atoms with Crippen LogP contribution in [0.25, 0.3) is 0 Å². The van der Waals surface area contributed by atoms with E-state index < -0.39 is 0 Å². The first kappa shape index (κ1) is 14.0. The molecule has 0 saturated carbocycles. The van der Waals surface area contributed by atoms with Gasteiger partial charge in [0.2, 0.25) is 0 Å². The molecule has 1 aromatic heterocycles. The fourth-order valence-corrected chi connectivity index (χ4v) is 2.04. The monoisotopic (exact) mass is 259 g/mol. The Hall–Kier alpha value is -1.07. The van der Waals surface area contributed by atoms with E-state index in [-0.39, 0.29) is 24.4 Å². The lowest BCUT2D eigenvalue weighted by atomic mass is 10.1. The molecule has 1 aliphatic rings. The van der Waals surface area contributed by atoms with Crippen molar-refractivity contribution in [2.45, 2.75) is 32.7 Å². The number of piperidine rings is 1. The number of rotatable bonds is 2. The second-order valence-electron chi connectivity index (χ2n) is 4.22. The first-order chi connectivity index (χ1) is 7.68. The van der Waals surface area contributed by atoms with Crippen molar-refractivity contribution in [2.75, 3.05) is 13.1 Å². The summed E-state index contributed by atoms with van der Waals surface area (Å²) < 4.78 is 4.98. The van der Waals surface area contributed by atoms with Gasteiger partial charge in [-0.1, -0.05) is 5.16 Å². The van der Waals surface area contributed by atoms with E-state index in [1.807, 2.05) is 0 Å². The molecule has 2 heterocycles. The molecule has 1 saturated heterocycles. The molecule has 0 unspecified atom stereocenters. The summed E-state index contributed by atoms with van der Waals surface area (Å²) in [5, 5.41) is 10.0. The summed E-state index contributed by atoms with van der Waals surface area (Å²) >= 11 is 0. The number of halogens is 1. The van der Waals surface area contributed by atoms with E-state index in [2.05, 4.69) is 15.8 Å². The van der Waals surface area contributed by atoms with Crippen LogP contribution in [0.4, 0.5) is 0 Å². The van der Waals surface area contributed by atoms with Crippen LogP contribution in [0.5, 0.6) is 0 Å². The maximum absolute atomic E-state index is 12.0. The SMILES string of the molecule is Cc1noc(C)c1C(=O)N[C@H]1CCCNC1.Cl. The van der Waals surface area contributed by atoms with Gasteiger partial charge in [-0.15, -0.1) is 12.4 Å². The minimum atomic E-state index is -0.0787. The first-order valence-corrected chi connectivity index (χ1v) is 5.63. The number of nitrogens with zero attached hydrogens (tertiary/aromatic N) is 1. The Morgan fingerprint density at radius 2 is 2.29 bits per heavy atom. The highest BCUT2D eigenvalue weighted by molar-refractivity contribution is 5.96. The number of carbonyl (C=O) groups is 1. The summed E-state index contributed by atoms with van der Waals surface area (Å²) in [6.07, 6.45) is 2.13. The molecule has 1 aliphatic heterocycles. The van der Waals surface area contributed by atoms with Crippen LogP contribution in [0.15, 0.2) is 4.52 Å². The van der Waals surface area contributed by atoms with Gasteiger partial charge in [0, 0.05) is 12.6 Å². The third-order valence-electron chi connectivity index (χ3n) is 2.89. The zero-order chi connectivity index (χ0) is 11.5. The molecule has 1 aromatic rings. The molecular formula is C11H18ClN3O2. The standard InChI is InChI=1S/C11H17N3O2.ClH/c1-7-10(8(2)16-14-7)11(15)13-9-4-3-5-12-6-9;/h9,12H,3-6H2,1-2H3,(H,13,15);1H/t9-;/m0./s1. The molecule has 5 nitrogen and oxygen atoms in total. The summed E-state index contributed by atoms with van der Waals surface area (Å²) in [7, 11) is 0. The average Bonchev–Trinajstić information content (AvgIpc) is 2.60. The largest absolute Gasteiger partial charge is 0.361 e. The molecule has 1 fully saturated rings. The predicted octanol–water partition coefficient (Wildman–Crippen LogP) is 1.20. The van der Waals surface area contributed by atoms with E-state index in [1.54, 1.807) is 13.8 Å². The number of hydrogen-bond acceptors (Lipinski definition) is 4. The van der Waals surface area contributed by atoms with Crippen LogP contribution < -0.4 is 10.6 Å². The van der Waals surface area contributed by atoms with E-state index in [0.29, 0.717) is 17.0 Å². The topological polar surface area (TPSA) is 67.2 Å². The smallest absolute Gasteiger partial charge is 0.257 e. The molecule has 96 valence electrons. The second-order valence-corrected chi connectivity index (χ2v) is 4.22. The van der Waals surface area contributed by atoms with Gasteiger partial charge in [0.15, 0.2) is 0 Å². The summed E-state index contributed by atoms with van der Waals surface area (Å²) in [5.41, 5.74) is 1.23. The summed E-state index contributed by atoms with van der Waals surface area (Å²) in [5.74, 6) is 0.503. The van der Waals surface area contributed by atoms with Crippen molar-refractivity contribution in [3.05, 3.63) is 17.0 Å². The number of nitrogens with one attached hydrogen (secondary N) is 2. The minimum Gasteiger partial charge on any atom is -0.361 e. The lowest BCUT2D eigenvalue weighted by molar-refractivity contribution is 0.0928. The molecule has 6 heteroatoms. The van der Waals surface area contributed by atoms with Crippen LogP contribution in [-0.2, 0) is 0 Å². The predicted molar refractivity (Wildman–Crippen MR) is 66.6 cm³/mol. The maximum Gasteiger partial charge on any atom is 0.257 e. The minimum absolute atomic E-state index is 0. The summed E-state index contributed by atoms with van der Waals surface area (Å²) in [6.45, 7) is 5.42. The Morgan fingerprint density at radius 1 is 1.53 bits per heavy atom. The van der Waals surface area contributed by atoms with Crippen LogP contribution >= 0.6 is 12.4 Å². The third-order valence-corrected chi connectivity index (χ3v) is 2.89. The van der Waals surface area contributed by atoms with Crippen molar-refractivity contribution in [1.29, 1.82) is 0 Å². The lowest BCUT2D eigenvalue weighted by Gasteiger charge is -2.23. The molecule has 1 amide bonds. The fraction of sp³-hybridized carbons (Fsp3) is 0.636. The Kier molecular flexibility index (Phi) is 4.96. The second kappa shape index (κ2) is 6.02. The van der Waals surface area contributed by atoms with Gasteiger partial charge in [-0.05, 0) is 33.2 Å². The van der Waals surface area contributed by atoms with Gasteiger partial charge in [-0.3, -0.25) is 4.79 Å². The highest BCUT2D eigenvalue weighted by Gasteiger charge is 2.21. The van der Waals surface area contributed by atoms with Crippen molar-refractivity contribution in [2.24, 2.45) is 0 Å². The summed E-state index contributed by atoms with van der Waals surface area (Å²) in [6, 6.07) is 0.218. The van der Waals surface area contributed by atoms with E-state index in [4.69, 9.17) is 4.52 Å². The average molecular weight is 260 g/mol. The fourth-order valence-electron chi connectivity index (χ4n) is 2.04. The molecule has 0 spiro atoms. The maximum atomic E-state index is 12.0. The van der Waals surface area contributed by atoms with E-state index in [1.165, 1.54) is 0 Å². The zero-order valence-electron chi connectivity index (χ0n) is 10.1. The molecule has 17 heavy (non-hydrogen) atoms. The first-order valence-electron chi connectivity index (χ1n) is 5.63. The van der Waals surface area contributed by atoms with Gasteiger partial charge >= 0.3 is 0 Å². The Morgan fingerprint density at radius 3 is 2.82 bits per heavy atom. The highest BCUT2D eigenvalue weighted by atomic mass is 35.5. The number of hydrogen-bond donors (Lipinski definition) is 2. The van der Waals surface area contributed by atoms with Gasteiger partial charge < -0.3 is 15.2 Å². The molecule has 2 N–H and O–H groups in total. The molecule has 0 radical (unpaired) electrons. The molecular weight excluding hydrogens is 242 g/mol. The van der Waals surface area contributed by atoms with Gasteiger partial charge in [0.25, 0.3) is 5.91 Å². The number of aromatic nitrogens is 1. The van der Waals surface area contributed by atoms with Gasteiger partial charge in [0.1, 0.15) is 11.3 Å². The third kappa shape index (κ3) is 3.20. The molecule has 0 bridgehead atoms. The van der Waals surface area contributed by atoms with E-state index >= 15 is 0 Å². The quantitative estimate of drug-likeness (QED) is 0.837. The molecule has 0 aromatic carbocycles. The number of carbonyl (C=O) groups excluding carboxylic acids is 1. The van der Waals surface area contributed by atoms with Gasteiger partial charge in [-0.2, -0.15) is 0 Å². The van der Waals surface area contributed by atoms with Crippen molar-refractivity contribution in [1.82, 2.24) is 15.8 Å². The van der Waals surface area contributed by atoms with Gasteiger partial charge in [-0.25, -0.2) is 0 Å². The highest BCUT2D eigenvalue weighted by Crippen LogP contribution is 2.12. The van der Waals surface area contributed by atoms with Crippen molar-refractivity contribution in [3.8, 4) is 0 Å². The Balaban J connectivity index is 0.00000144. The lowest BCUT2D eigenvalue weighted by Crippen LogP contribution is -2.45. The van der Waals surface area contributed by atoms with Crippen LogP contribution in [0.1, 0.15) is 34.7 Å². The normalized spacial score (nSPS) is 19.5. The van der Waals surface area contributed by atoms with Crippen LogP contribution in [0.2, 0.25) is 0 Å². The van der Waals surface area contributed by atoms with E-state index in [9.17, 15) is 4.79 Å². The van der Waals surface area contributed by atoms with Gasteiger partial charge in [0.05, 0.1) is 5.69 Å². The Labute approximate surface area is 107 Å². The van der Waals surface area contributed by atoms with Crippen molar-refractivity contribution < 1.29 is 9.32 Å². The molecule has 2 rings (SSSR count). The van der Waals surface area contributed by atoms with Crippen LogP contribution in [0, 0.1) is 13.8 Å². The van der Waals surface area contributed by atoms with Crippen molar-refractivity contribution >= 4 is 18.3 Å². The van der Waals surface area contributed by atoms with Crippen molar-refractivity contribution in [3.63, 3.8) is 0 Å². The Bertz CT molecular complexity index is 367. The molecule has 0 aliphatic carbocycles. The van der Waals surface area contributed by atoms with Crippen LogP contribution in [0.3, 0.4) is 0 Å². The van der Waals surface area contributed by atoms with Crippen LogP contribution in [-0.4, -0.2) is 30.2 Å². The number of amides is 1.